The molecule has 1 fully saturated rings. The molecule has 0 N–H and O–H groups in total. The number of Topliss-reactive ketones (excluding diaryl/α,β-unsaturated/α-hetero) is 1. The molecular weight excluding hydrogens is 217 g/mol. The van der Waals surface area contributed by atoms with Crippen LogP contribution in [0.15, 0.2) is 24.3 Å². The number of rotatable bonds is 3. The second kappa shape index (κ2) is 3.92. The first-order chi connectivity index (χ1) is 7.46. The lowest BCUT2D eigenvalue weighted by Gasteiger charge is -2.06. The zero-order valence-electron chi connectivity index (χ0n) is 8.55. The summed E-state index contributed by atoms with van der Waals surface area (Å²) in [5, 5.41) is 0. The van der Waals surface area contributed by atoms with Crippen LogP contribution < -0.4 is 0 Å². The summed E-state index contributed by atoms with van der Waals surface area (Å²) in [6, 6.07) is 5.73. The third kappa shape index (κ3) is 2.84. The predicted molar refractivity (Wildman–Crippen MR) is 53.3 cm³/mol. The molecule has 0 amide bonds. The monoisotopic (exact) mass is 228 g/mol. The summed E-state index contributed by atoms with van der Waals surface area (Å²) >= 11 is 0. The van der Waals surface area contributed by atoms with E-state index in [4.69, 9.17) is 0 Å². The van der Waals surface area contributed by atoms with Crippen LogP contribution in [0.25, 0.3) is 0 Å². The quantitative estimate of drug-likeness (QED) is 0.725. The van der Waals surface area contributed by atoms with E-state index >= 15 is 0 Å². The largest absolute Gasteiger partial charge is 0.393 e. The van der Waals surface area contributed by atoms with E-state index in [1.54, 1.807) is 0 Å². The van der Waals surface area contributed by atoms with Crippen LogP contribution in [0.2, 0.25) is 0 Å². The maximum atomic E-state index is 12.1. The van der Waals surface area contributed by atoms with Gasteiger partial charge in [0.05, 0.1) is 6.42 Å². The van der Waals surface area contributed by atoms with Gasteiger partial charge in [-0.05, 0) is 18.4 Å². The lowest BCUT2D eigenvalue weighted by atomic mass is 10.0. The molecule has 0 aliphatic heterocycles. The van der Waals surface area contributed by atoms with Crippen LogP contribution in [0.1, 0.15) is 28.8 Å². The molecule has 1 aromatic carbocycles. The molecule has 0 bridgehead atoms. The van der Waals surface area contributed by atoms with Gasteiger partial charge in [0.2, 0.25) is 0 Å². The molecule has 1 nitrogen and oxygen atoms in total. The molecule has 0 spiro atoms. The van der Waals surface area contributed by atoms with Gasteiger partial charge in [0.15, 0.2) is 5.78 Å². The van der Waals surface area contributed by atoms with Crippen LogP contribution >= 0.6 is 0 Å². The fourth-order valence-corrected chi connectivity index (χ4v) is 1.60. The zero-order chi connectivity index (χ0) is 11.8. The minimum absolute atomic E-state index is 0.0542. The summed E-state index contributed by atoms with van der Waals surface area (Å²) < 4.78 is 36.2. The molecular formula is C12H11F3O. The van der Waals surface area contributed by atoms with Crippen LogP contribution in [0.5, 0.6) is 0 Å². The van der Waals surface area contributed by atoms with Crippen molar-refractivity contribution in [2.75, 3.05) is 0 Å². The highest BCUT2D eigenvalue weighted by Crippen LogP contribution is 2.32. The van der Waals surface area contributed by atoms with Crippen molar-refractivity contribution in [1.82, 2.24) is 0 Å². The van der Waals surface area contributed by atoms with E-state index in [0.717, 1.165) is 12.8 Å². The van der Waals surface area contributed by atoms with Crippen LogP contribution in [-0.4, -0.2) is 12.0 Å². The van der Waals surface area contributed by atoms with Gasteiger partial charge in [-0.1, -0.05) is 24.3 Å². The Hall–Kier alpha value is -1.32. The first-order valence-electron chi connectivity index (χ1n) is 5.15. The van der Waals surface area contributed by atoms with Gasteiger partial charge in [0.25, 0.3) is 0 Å². The SMILES string of the molecule is O=C(c1ccc(CC(F)(F)F)cc1)C1CC1. The van der Waals surface area contributed by atoms with Crippen LogP contribution in [-0.2, 0) is 6.42 Å². The van der Waals surface area contributed by atoms with Crippen LogP contribution in [0.3, 0.4) is 0 Å². The average Bonchev–Trinajstić information content (AvgIpc) is 2.98. The third-order valence-electron chi connectivity index (χ3n) is 2.59. The number of benzene rings is 1. The topological polar surface area (TPSA) is 17.1 Å². The third-order valence-corrected chi connectivity index (χ3v) is 2.59. The van der Waals surface area contributed by atoms with Gasteiger partial charge in [0.1, 0.15) is 0 Å². The molecule has 0 unspecified atom stereocenters. The van der Waals surface area contributed by atoms with Gasteiger partial charge in [-0.2, -0.15) is 13.2 Å². The molecule has 0 radical (unpaired) electrons. The number of carbonyl (C=O) groups excluding carboxylic acids is 1. The summed E-state index contributed by atoms with van der Waals surface area (Å²) in [6.45, 7) is 0. The number of hydrogen-bond acceptors (Lipinski definition) is 1. The van der Waals surface area contributed by atoms with E-state index in [-0.39, 0.29) is 17.3 Å². The Morgan fingerprint density at radius 2 is 1.75 bits per heavy atom. The molecule has 86 valence electrons. The highest BCUT2D eigenvalue weighted by Gasteiger charge is 2.31. The molecule has 0 heterocycles. The summed E-state index contributed by atoms with van der Waals surface area (Å²) in [5.41, 5.74) is 0.716. The molecule has 0 atom stereocenters. The number of hydrogen-bond donors (Lipinski definition) is 0. The maximum Gasteiger partial charge on any atom is 0.393 e. The van der Waals surface area contributed by atoms with Gasteiger partial charge in [-0.15, -0.1) is 0 Å². The first kappa shape index (κ1) is 11.2. The van der Waals surface area contributed by atoms with Gasteiger partial charge < -0.3 is 0 Å². The fraction of sp³-hybridized carbons (Fsp3) is 0.417. The second-order valence-electron chi connectivity index (χ2n) is 4.13. The van der Waals surface area contributed by atoms with Crippen molar-refractivity contribution in [2.24, 2.45) is 5.92 Å². The van der Waals surface area contributed by atoms with Gasteiger partial charge >= 0.3 is 6.18 Å². The normalized spacial score (nSPS) is 16.2. The van der Waals surface area contributed by atoms with Crippen molar-refractivity contribution >= 4 is 5.78 Å². The lowest BCUT2D eigenvalue weighted by Crippen LogP contribution is -2.11. The van der Waals surface area contributed by atoms with Crippen LogP contribution in [0.4, 0.5) is 13.2 Å². The van der Waals surface area contributed by atoms with E-state index in [1.807, 2.05) is 0 Å². The van der Waals surface area contributed by atoms with Gasteiger partial charge in [-0.25, -0.2) is 0 Å². The van der Waals surface area contributed by atoms with Crippen LogP contribution in [0, 0.1) is 5.92 Å². The molecule has 1 aliphatic carbocycles. The van der Waals surface area contributed by atoms with Crippen molar-refractivity contribution in [3.05, 3.63) is 35.4 Å². The highest BCUT2D eigenvalue weighted by molar-refractivity contribution is 5.99. The maximum absolute atomic E-state index is 12.1. The van der Waals surface area contributed by atoms with Crippen molar-refractivity contribution in [1.29, 1.82) is 0 Å². The molecule has 0 saturated heterocycles. The van der Waals surface area contributed by atoms with Crippen molar-refractivity contribution < 1.29 is 18.0 Å². The van der Waals surface area contributed by atoms with E-state index in [1.165, 1.54) is 24.3 Å². The predicted octanol–water partition coefficient (Wildman–Crippen LogP) is 3.38. The van der Waals surface area contributed by atoms with Gasteiger partial charge in [-0.3, -0.25) is 4.79 Å². The second-order valence-corrected chi connectivity index (χ2v) is 4.13. The van der Waals surface area contributed by atoms with Crippen molar-refractivity contribution in [3.8, 4) is 0 Å². The number of alkyl halides is 3. The zero-order valence-corrected chi connectivity index (χ0v) is 8.55. The highest BCUT2D eigenvalue weighted by atomic mass is 19.4. The number of halogens is 3. The Balaban J connectivity index is 2.07. The summed E-state index contributed by atoms with van der Waals surface area (Å²) in [5.74, 6) is 0.159. The van der Waals surface area contributed by atoms with Gasteiger partial charge in [0, 0.05) is 11.5 Å². The Labute approximate surface area is 91.3 Å². The summed E-state index contributed by atoms with van der Waals surface area (Å²) in [7, 11) is 0. The molecule has 2 rings (SSSR count). The molecule has 1 aliphatic rings. The summed E-state index contributed by atoms with van der Waals surface area (Å²) in [6.07, 6.45) is -3.32. The minimum atomic E-state index is -4.19. The number of ketones is 1. The molecule has 1 aromatic rings. The fourth-order valence-electron chi connectivity index (χ4n) is 1.60. The average molecular weight is 228 g/mol. The lowest BCUT2D eigenvalue weighted by molar-refractivity contribution is -0.127. The van der Waals surface area contributed by atoms with E-state index in [9.17, 15) is 18.0 Å². The molecule has 0 aromatic heterocycles. The minimum Gasteiger partial charge on any atom is -0.294 e. The van der Waals surface area contributed by atoms with Crippen molar-refractivity contribution in [3.63, 3.8) is 0 Å². The van der Waals surface area contributed by atoms with E-state index in [0.29, 0.717) is 5.56 Å². The Kier molecular flexibility index (Phi) is 2.74. The first-order valence-corrected chi connectivity index (χ1v) is 5.15. The molecule has 4 heteroatoms. The Morgan fingerprint density at radius 1 is 1.19 bits per heavy atom. The molecule has 16 heavy (non-hydrogen) atoms. The Morgan fingerprint density at radius 3 is 2.19 bits per heavy atom. The Bertz CT molecular complexity index is 388. The van der Waals surface area contributed by atoms with Crippen molar-refractivity contribution in [2.45, 2.75) is 25.4 Å². The standard InChI is InChI=1S/C12H11F3O/c13-12(14,15)7-8-1-3-9(4-2-8)11(16)10-5-6-10/h1-4,10H,5-7H2. The summed E-state index contributed by atoms with van der Waals surface area (Å²) in [4.78, 5) is 11.6. The molecule has 1 saturated carbocycles. The van der Waals surface area contributed by atoms with E-state index in [2.05, 4.69) is 0 Å². The number of carbonyl (C=O) groups is 1. The van der Waals surface area contributed by atoms with E-state index < -0.39 is 12.6 Å². The smallest absolute Gasteiger partial charge is 0.294 e.